The first kappa shape index (κ1) is 14.3. The van der Waals surface area contributed by atoms with Gasteiger partial charge in [0.25, 0.3) is 0 Å². The molecule has 0 saturated heterocycles. The van der Waals surface area contributed by atoms with Crippen molar-refractivity contribution in [3.05, 3.63) is 64.4 Å². The number of carbonyl (C=O) groups is 1. The van der Waals surface area contributed by atoms with Crippen molar-refractivity contribution < 1.29 is 9.18 Å². The van der Waals surface area contributed by atoms with Crippen LogP contribution in [0, 0.1) is 5.82 Å². The second-order valence-corrected chi connectivity index (χ2v) is 4.89. The molecule has 3 N–H and O–H groups in total. The number of nitrogens with two attached hydrogens (primary N) is 1. The molecule has 0 aliphatic heterocycles. The number of anilines is 1. The standard InChI is InChI=1S/C15H14ClFN2O/c1-9(10-3-2-4-11(17)7-10)19-12-5-6-14(16)13(8-12)15(18)20/h2-9,19H,1H3,(H2,18,20). The van der Waals surface area contributed by atoms with E-state index in [2.05, 4.69) is 5.32 Å². The van der Waals surface area contributed by atoms with Crippen LogP contribution in [0.5, 0.6) is 0 Å². The van der Waals surface area contributed by atoms with Gasteiger partial charge in [0.2, 0.25) is 5.91 Å². The normalized spacial score (nSPS) is 11.9. The minimum atomic E-state index is -0.586. The third kappa shape index (κ3) is 3.27. The van der Waals surface area contributed by atoms with E-state index in [0.717, 1.165) is 5.56 Å². The summed E-state index contributed by atoms with van der Waals surface area (Å²) in [6, 6.07) is 11.1. The maximum atomic E-state index is 13.2. The van der Waals surface area contributed by atoms with Crippen LogP contribution in [0.25, 0.3) is 0 Å². The quantitative estimate of drug-likeness (QED) is 0.901. The number of halogens is 2. The highest BCUT2D eigenvalue weighted by atomic mass is 35.5. The maximum absolute atomic E-state index is 13.2. The summed E-state index contributed by atoms with van der Waals surface area (Å²) in [5.74, 6) is -0.873. The minimum Gasteiger partial charge on any atom is -0.378 e. The highest BCUT2D eigenvalue weighted by Crippen LogP contribution is 2.24. The van der Waals surface area contributed by atoms with E-state index in [0.29, 0.717) is 10.7 Å². The van der Waals surface area contributed by atoms with Gasteiger partial charge >= 0.3 is 0 Å². The summed E-state index contributed by atoms with van der Waals surface area (Å²) in [6.07, 6.45) is 0. The van der Waals surface area contributed by atoms with Crippen molar-refractivity contribution in [3.63, 3.8) is 0 Å². The van der Waals surface area contributed by atoms with Crippen molar-refractivity contribution in [2.24, 2.45) is 5.73 Å². The van der Waals surface area contributed by atoms with E-state index < -0.39 is 5.91 Å². The van der Waals surface area contributed by atoms with Crippen LogP contribution in [0.15, 0.2) is 42.5 Å². The van der Waals surface area contributed by atoms with Crippen molar-refractivity contribution >= 4 is 23.2 Å². The minimum absolute atomic E-state index is 0.118. The molecule has 0 aliphatic carbocycles. The number of hydrogen-bond acceptors (Lipinski definition) is 2. The summed E-state index contributed by atoms with van der Waals surface area (Å²) in [5.41, 5.74) is 7.00. The summed E-state index contributed by atoms with van der Waals surface area (Å²) in [5, 5.41) is 3.48. The Morgan fingerprint density at radius 1 is 1.30 bits per heavy atom. The highest BCUT2D eigenvalue weighted by Gasteiger charge is 2.10. The van der Waals surface area contributed by atoms with Crippen LogP contribution in [0.1, 0.15) is 28.9 Å². The molecule has 1 amide bonds. The van der Waals surface area contributed by atoms with E-state index in [-0.39, 0.29) is 17.4 Å². The van der Waals surface area contributed by atoms with E-state index >= 15 is 0 Å². The van der Waals surface area contributed by atoms with E-state index in [1.165, 1.54) is 12.1 Å². The third-order valence-electron chi connectivity index (χ3n) is 2.96. The zero-order valence-electron chi connectivity index (χ0n) is 10.9. The lowest BCUT2D eigenvalue weighted by Gasteiger charge is -2.16. The second-order valence-electron chi connectivity index (χ2n) is 4.48. The van der Waals surface area contributed by atoms with Gasteiger partial charge in [0, 0.05) is 11.7 Å². The molecule has 0 bridgehead atoms. The molecule has 2 aromatic carbocycles. The Hall–Kier alpha value is -2.07. The lowest BCUT2D eigenvalue weighted by molar-refractivity contribution is 0.100. The number of primary amides is 1. The largest absolute Gasteiger partial charge is 0.378 e. The van der Waals surface area contributed by atoms with Gasteiger partial charge in [-0.3, -0.25) is 4.79 Å². The van der Waals surface area contributed by atoms with Crippen LogP contribution in [0.3, 0.4) is 0 Å². The topological polar surface area (TPSA) is 55.1 Å². The first-order valence-electron chi connectivity index (χ1n) is 6.08. The van der Waals surface area contributed by atoms with Crippen molar-refractivity contribution in [2.45, 2.75) is 13.0 Å². The molecule has 0 saturated carbocycles. The average Bonchev–Trinajstić information content (AvgIpc) is 2.40. The van der Waals surface area contributed by atoms with Gasteiger partial charge in [-0.1, -0.05) is 23.7 Å². The van der Waals surface area contributed by atoms with E-state index in [1.54, 1.807) is 24.3 Å². The van der Waals surface area contributed by atoms with Crippen molar-refractivity contribution in [3.8, 4) is 0 Å². The smallest absolute Gasteiger partial charge is 0.250 e. The Kier molecular flexibility index (Phi) is 4.25. The molecular formula is C15H14ClFN2O. The van der Waals surface area contributed by atoms with Gasteiger partial charge in [-0.2, -0.15) is 0 Å². The summed E-state index contributed by atoms with van der Waals surface area (Å²) in [7, 11) is 0. The highest BCUT2D eigenvalue weighted by molar-refractivity contribution is 6.33. The predicted molar refractivity (Wildman–Crippen MR) is 78.4 cm³/mol. The number of rotatable bonds is 4. The Morgan fingerprint density at radius 2 is 2.05 bits per heavy atom. The molecule has 0 radical (unpaired) electrons. The fraction of sp³-hybridized carbons (Fsp3) is 0.133. The fourth-order valence-electron chi connectivity index (χ4n) is 1.91. The van der Waals surface area contributed by atoms with Gasteiger partial charge in [-0.15, -0.1) is 0 Å². The molecule has 0 aromatic heterocycles. The van der Waals surface area contributed by atoms with Gasteiger partial charge in [-0.25, -0.2) is 4.39 Å². The second kappa shape index (κ2) is 5.92. The van der Waals surface area contributed by atoms with Crippen LogP contribution in [0.2, 0.25) is 5.02 Å². The average molecular weight is 293 g/mol. The predicted octanol–water partition coefficient (Wildman–Crippen LogP) is 3.75. The van der Waals surface area contributed by atoms with Crippen molar-refractivity contribution in [2.75, 3.05) is 5.32 Å². The van der Waals surface area contributed by atoms with Gasteiger partial charge in [0.1, 0.15) is 5.82 Å². The van der Waals surface area contributed by atoms with Crippen LogP contribution < -0.4 is 11.1 Å². The molecule has 0 fully saturated rings. The monoisotopic (exact) mass is 292 g/mol. The molecule has 20 heavy (non-hydrogen) atoms. The summed E-state index contributed by atoms with van der Waals surface area (Å²) in [4.78, 5) is 11.2. The zero-order valence-corrected chi connectivity index (χ0v) is 11.6. The van der Waals surface area contributed by atoms with Gasteiger partial charge < -0.3 is 11.1 Å². The molecule has 2 aromatic rings. The number of nitrogens with one attached hydrogen (secondary N) is 1. The molecule has 1 atom stereocenters. The molecule has 1 unspecified atom stereocenters. The molecule has 0 aliphatic rings. The van der Waals surface area contributed by atoms with E-state index in [1.807, 2.05) is 13.0 Å². The fourth-order valence-corrected chi connectivity index (χ4v) is 2.12. The van der Waals surface area contributed by atoms with Gasteiger partial charge in [-0.05, 0) is 42.8 Å². The van der Waals surface area contributed by atoms with Gasteiger partial charge in [0.15, 0.2) is 0 Å². The Morgan fingerprint density at radius 3 is 2.70 bits per heavy atom. The lowest BCUT2D eigenvalue weighted by atomic mass is 10.1. The van der Waals surface area contributed by atoms with E-state index in [4.69, 9.17) is 17.3 Å². The first-order valence-corrected chi connectivity index (χ1v) is 6.46. The Balaban J connectivity index is 2.22. The number of amides is 1. The van der Waals surface area contributed by atoms with Crippen molar-refractivity contribution in [1.29, 1.82) is 0 Å². The molecule has 0 heterocycles. The number of hydrogen-bond donors (Lipinski definition) is 2. The van der Waals surface area contributed by atoms with Crippen LogP contribution in [0.4, 0.5) is 10.1 Å². The SMILES string of the molecule is CC(Nc1ccc(Cl)c(C(N)=O)c1)c1cccc(F)c1. The summed E-state index contributed by atoms with van der Waals surface area (Å²) < 4.78 is 13.2. The molecule has 5 heteroatoms. The maximum Gasteiger partial charge on any atom is 0.250 e. The Labute approximate surface area is 121 Å². The zero-order chi connectivity index (χ0) is 14.7. The number of benzene rings is 2. The molecular weight excluding hydrogens is 279 g/mol. The van der Waals surface area contributed by atoms with Gasteiger partial charge in [0.05, 0.1) is 10.6 Å². The Bertz CT molecular complexity index is 646. The molecule has 3 nitrogen and oxygen atoms in total. The molecule has 0 spiro atoms. The molecule has 104 valence electrons. The van der Waals surface area contributed by atoms with Crippen LogP contribution >= 0.6 is 11.6 Å². The van der Waals surface area contributed by atoms with Crippen LogP contribution in [-0.4, -0.2) is 5.91 Å². The lowest BCUT2D eigenvalue weighted by Crippen LogP contribution is -2.13. The third-order valence-corrected chi connectivity index (χ3v) is 3.29. The first-order chi connectivity index (χ1) is 9.47. The van der Waals surface area contributed by atoms with Crippen LogP contribution in [-0.2, 0) is 0 Å². The molecule has 2 rings (SSSR count). The number of carbonyl (C=O) groups excluding carboxylic acids is 1. The van der Waals surface area contributed by atoms with Crippen molar-refractivity contribution in [1.82, 2.24) is 0 Å². The summed E-state index contributed by atoms with van der Waals surface area (Å²) in [6.45, 7) is 1.90. The summed E-state index contributed by atoms with van der Waals surface area (Å²) >= 11 is 5.89. The van der Waals surface area contributed by atoms with E-state index in [9.17, 15) is 9.18 Å².